The number of halogens is 1. The summed E-state index contributed by atoms with van der Waals surface area (Å²) in [7, 11) is 0. The Hall–Kier alpha value is -0.870. The molecule has 1 aliphatic carbocycles. The van der Waals surface area contributed by atoms with Crippen molar-refractivity contribution in [1.29, 1.82) is 0 Å². The maximum Gasteiger partial charge on any atom is 0.134 e. The molecular formula is C11H16ClN3O. The number of hydrogen-bond acceptors (Lipinski definition) is 4. The van der Waals surface area contributed by atoms with Gasteiger partial charge in [-0.25, -0.2) is 9.97 Å². The van der Waals surface area contributed by atoms with Gasteiger partial charge in [0.2, 0.25) is 0 Å². The summed E-state index contributed by atoms with van der Waals surface area (Å²) in [6, 6.07) is 2.12. The summed E-state index contributed by atoms with van der Waals surface area (Å²) >= 11 is 5.86. The molecular weight excluding hydrogens is 226 g/mol. The highest BCUT2D eigenvalue weighted by Gasteiger charge is 2.19. The van der Waals surface area contributed by atoms with Crippen molar-refractivity contribution in [3.05, 3.63) is 17.0 Å². The molecule has 0 aliphatic heterocycles. The zero-order valence-electron chi connectivity index (χ0n) is 9.28. The lowest BCUT2D eigenvalue weighted by atomic mass is 9.93. The maximum atomic E-state index is 9.41. The average Bonchev–Trinajstić information content (AvgIpc) is 2.20. The summed E-state index contributed by atoms with van der Waals surface area (Å²) in [5, 5.41) is 13.2. The van der Waals surface area contributed by atoms with E-state index in [0.717, 1.165) is 31.5 Å². The van der Waals surface area contributed by atoms with Gasteiger partial charge in [-0.15, -0.1) is 0 Å². The first-order chi connectivity index (χ1) is 7.63. The summed E-state index contributed by atoms with van der Waals surface area (Å²) in [5.74, 6) is 1.45. The predicted octanol–water partition coefficient (Wildman–Crippen LogP) is 2.15. The Bertz CT molecular complexity index is 344. The number of aliphatic hydroxyl groups is 1. The molecule has 1 heterocycles. The van der Waals surface area contributed by atoms with Gasteiger partial charge in [-0.05, 0) is 32.6 Å². The van der Waals surface area contributed by atoms with Gasteiger partial charge in [-0.3, -0.25) is 0 Å². The minimum atomic E-state index is -0.131. The predicted molar refractivity (Wildman–Crippen MR) is 63.7 cm³/mol. The Morgan fingerprint density at radius 2 is 2.00 bits per heavy atom. The molecule has 2 N–H and O–H groups in total. The fourth-order valence-corrected chi connectivity index (χ4v) is 2.26. The Morgan fingerprint density at radius 1 is 1.31 bits per heavy atom. The van der Waals surface area contributed by atoms with Crippen molar-refractivity contribution in [2.75, 3.05) is 5.32 Å². The van der Waals surface area contributed by atoms with Crippen LogP contribution in [0.25, 0.3) is 0 Å². The number of aliphatic hydroxyl groups excluding tert-OH is 1. The van der Waals surface area contributed by atoms with E-state index in [-0.39, 0.29) is 6.10 Å². The Morgan fingerprint density at radius 3 is 2.62 bits per heavy atom. The minimum Gasteiger partial charge on any atom is -0.393 e. The van der Waals surface area contributed by atoms with Crippen LogP contribution < -0.4 is 5.32 Å². The molecule has 1 saturated carbocycles. The molecule has 0 amide bonds. The van der Waals surface area contributed by atoms with E-state index in [1.165, 1.54) is 0 Å². The van der Waals surface area contributed by atoms with Crippen LogP contribution in [0, 0.1) is 6.92 Å². The van der Waals surface area contributed by atoms with E-state index in [0.29, 0.717) is 17.0 Å². The Kier molecular flexibility index (Phi) is 3.61. The highest BCUT2D eigenvalue weighted by molar-refractivity contribution is 6.29. The van der Waals surface area contributed by atoms with Crippen molar-refractivity contribution in [1.82, 2.24) is 9.97 Å². The molecule has 1 aliphatic rings. The number of hydrogen-bond donors (Lipinski definition) is 2. The van der Waals surface area contributed by atoms with Gasteiger partial charge in [0.15, 0.2) is 0 Å². The second-order valence-corrected chi connectivity index (χ2v) is 4.66. The molecule has 16 heavy (non-hydrogen) atoms. The zero-order valence-corrected chi connectivity index (χ0v) is 10.0. The zero-order chi connectivity index (χ0) is 11.5. The average molecular weight is 242 g/mol. The smallest absolute Gasteiger partial charge is 0.134 e. The van der Waals surface area contributed by atoms with Crippen LogP contribution in [0.3, 0.4) is 0 Å². The summed E-state index contributed by atoms with van der Waals surface area (Å²) < 4.78 is 0. The van der Waals surface area contributed by atoms with Crippen LogP contribution in [-0.4, -0.2) is 27.2 Å². The molecule has 1 fully saturated rings. The first-order valence-corrected chi connectivity index (χ1v) is 5.97. The summed E-state index contributed by atoms with van der Waals surface area (Å²) in [5.41, 5.74) is 0. The van der Waals surface area contributed by atoms with Gasteiger partial charge in [-0.2, -0.15) is 0 Å². The first kappa shape index (κ1) is 11.6. The van der Waals surface area contributed by atoms with Crippen LogP contribution in [0.1, 0.15) is 31.5 Å². The number of nitrogens with one attached hydrogen (secondary N) is 1. The van der Waals surface area contributed by atoms with Crippen molar-refractivity contribution in [3.63, 3.8) is 0 Å². The van der Waals surface area contributed by atoms with E-state index in [1.807, 2.05) is 6.92 Å². The molecule has 0 unspecified atom stereocenters. The number of nitrogens with zero attached hydrogens (tertiary/aromatic N) is 2. The quantitative estimate of drug-likeness (QED) is 0.779. The standard InChI is InChI=1S/C11H16ClN3O/c1-7-13-10(12)6-11(14-7)15-8-2-4-9(16)5-3-8/h6,8-9,16H,2-5H2,1H3,(H,13,14,15). The molecule has 0 spiro atoms. The number of rotatable bonds is 2. The normalized spacial score (nSPS) is 25.4. The number of anilines is 1. The third-order valence-electron chi connectivity index (χ3n) is 2.86. The lowest BCUT2D eigenvalue weighted by Gasteiger charge is -2.26. The minimum absolute atomic E-state index is 0.131. The van der Waals surface area contributed by atoms with E-state index in [2.05, 4.69) is 15.3 Å². The van der Waals surface area contributed by atoms with Crippen molar-refractivity contribution in [3.8, 4) is 0 Å². The molecule has 0 bridgehead atoms. The van der Waals surface area contributed by atoms with Crippen LogP contribution in [0.2, 0.25) is 5.15 Å². The summed E-state index contributed by atoms with van der Waals surface area (Å²) in [6.07, 6.45) is 3.53. The summed E-state index contributed by atoms with van der Waals surface area (Å²) in [6.45, 7) is 1.82. The molecule has 0 atom stereocenters. The molecule has 1 aromatic rings. The monoisotopic (exact) mass is 241 g/mol. The van der Waals surface area contributed by atoms with E-state index in [4.69, 9.17) is 11.6 Å². The van der Waals surface area contributed by atoms with Crippen molar-refractivity contribution < 1.29 is 5.11 Å². The van der Waals surface area contributed by atoms with Crippen LogP contribution >= 0.6 is 11.6 Å². The summed E-state index contributed by atoms with van der Waals surface area (Å²) in [4.78, 5) is 8.29. The largest absolute Gasteiger partial charge is 0.393 e. The molecule has 2 rings (SSSR count). The Balaban J connectivity index is 1.98. The molecule has 0 saturated heterocycles. The molecule has 0 aromatic carbocycles. The topological polar surface area (TPSA) is 58.0 Å². The van der Waals surface area contributed by atoms with Crippen LogP contribution in [-0.2, 0) is 0 Å². The fourth-order valence-electron chi connectivity index (χ4n) is 2.03. The molecule has 1 aromatic heterocycles. The Labute approximate surface area is 100 Å². The number of aromatic nitrogens is 2. The lowest BCUT2D eigenvalue weighted by Crippen LogP contribution is -2.28. The van der Waals surface area contributed by atoms with Crippen LogP contribution in [0.15, 0.2) is 6.07 Å². The molecule has 88 valence electrons. The van der Waals surface area contributed by atoms with Crippen LogP contribution in [0.4, 0.5) is 5.82 Å². The molecule has 0 radical (unpaired) electrons. The van der Waals surface area contributed by atoms with Gasteiger partial charge in [0.25, 0.3) is 0 Å². The van der Waals surface area contributed by atoms with Crippen LogP contribution in [0.5, 0.6) is 0 Å². The highest BCUT2D eigenvalue weighted by Crippen LogP contribution is 2.22. The fraction of sp³-hybridized carbons (Fsp3) is 0.636. The van der Waals surface area contributed by atoms with Gasteiger partial charge in [-0.1, -0.05) is 11.6 Å². The van der Waals surface area contributed by atoms with Crippen molar-refractivity contribution in [2.45, 2.75) is 44.8 Å². The first-order valence-electron chi connectivity index (χ1n) is 5.59. The maximum absolute atomic E-state index is 9.41. The SMILES string of the molecule is Cc1nc(Cl)cc(NC2CCC(O)CC2)n1. The van der Waals surface area contributed by atoms with Gasteiger partial charge in [0.1, 0.15) is 16.8 Å². The van der Waals surface area contributed by atoms with E-state index >= 15 is 0 Å². The van der Waals surface area contributed by atoms with Gasteiger partial charge >= 0.3 is 0 Å². The lowest BCUT2D eigenvalue weighted by molar-refractivity contribution is 0.126. The second-order valence-electron chi connectivity index (χ2n) is 4.27. The molecule has 5 heteroatoms. The van der Waals surface area contributed by atoms with Crippen molar-refractivity contribution in [2.24, 2.45) is 0 Å². The third kappa shape index (κ3) is 3.06. The van der Waals surface area contributed by atoms with E-state index < -0.39 is 0 Å². The van der Waals surface area contributed by atoms with E-state index in [9.17, 15) is 5.11 Å². The number of aryl methyl sites for hydroxylation is 1. The molecule has 4 nitrogen and oxygen atoms in total. The highest BCUT2D eigenvalue weighted by atomic mass is 35.5. The van der Waals surface area contributed by atoms with Gasteiger partial charge in [0.05, 0.1) is 6.10 Å². The van der Waals surface area contributed by atoms with Gasteiger partial charge in [0, 0.05) is 12.1 Å². The van der Waals surface area contributed by atoms with E-state index in [1.54, 1.807) is 6.07 Å². The third-order valence-corrected chi connectivity index (χ3v) is 3.05. The van der Waals surface area contributed by atoms with Gasteiger partial charge < -0.3 is 10.4 Å². The van der Waals surface area contributed by atoms with Crippen molar-refractivity contribution >= 4 is 17.4 Å². The second kappa shape index (κ2) is 4.97.